The molecule has 0 unspecified atom stereocenters. The van der Waals surface area contributed by atoms with Gasteiger partial charge in [-0.05, 0) is 11.0 Å². The Morgan fingerprint density at radius 1 is 0.818 bits per heavy atom. The van der Waals surface area contributed by atoms with Crippen molar-refractivity contribution in [1.82, 2.24) is 9.97 Å². The molecule has 2 heterocycles. The number of nitrogens with zero attached hydrogens (tertiary/aromatic N) is 2. The van der Waals surface area contributed by atoms with Gasteiger partial charge in [0, 0.05) is 0 Å². The highest BCUT2D eigenvalue weighted by molar-refractivity contribution is 5.75. The summed E-state index contributed by atoms with van der Waals surface area (Å²) in [6.45, 7) is 0. The van der Waals surface area contributed by atoms with Crippen LogP contribution >= 0.6 is 0 Å². The van der Waals surface area contributed by atoms with Gasteiger partial charge in [0.2, 0.25) is 0 Å². The fourth-order valence-electron chi connectivity index (χ4n) is 0.351. The van der Waals surface area contributed by atoms with Gasteiger partial charge in [-0.2, -0.15) is 0 Å². The molecule has 0 fully saturated rings. The molecule has 0 atom stereocenters. The molecule has 0 saturated carbocycles. The van der Waals surface area contributed by atoms with Gasteiger partial charge in [-0.3, -0.25) is 0 Å². The van der Waals surface area contributed by atoms with Crippen LogP contribution in [0.15, 0.2) is 46.5 Å². The van der Waals surface area contributed by atoms with Gasteiger partial charge in [-0.1, -0.05) is 0 Å². The second kappa shape index (κ2) is 6.75. The van der Waals surface area contributed by atoms with E-state index in [0.29, 0.717) is 0 Å². The zero-order valence-corrected chi connectivity index (χ0v) is 5.18. The summed E-state index contributed by atoms with van der Waals surface area (Å²) in [4.78, 5) is 7.11. The largest absolute Gasteiger partial charge is 0.452 e. The highest BCUT2D eigenvalue weighted by atomic mass is 28.1. The first-order chi connectivity index (χ1) is 5.00. The normalized spacial score (nSPS) is 7.27. The average Bonchev–Trinajstić information content (AvgIpc) is 2.67. The summed E-state index contributed by atoms with van der Waals surface area (Å²) in [6.07, 6.45) is 8.94. The van der Waals surface area contributed by atoms with E-state index in [1.54, 1.807) is 12.4 Å². The Balaban J connectivity index is 0.000000167. The lowest BCUT2D eigenvalue weighted by Gasteiger charge is -1.47. The summed E-state index contributed by atoms with van der Waals surface area (Å²) < 4.78 is 8.94. The van der Waals surface area contributed by atoms with Gasteiger partial charge in [0.05, 0.1) is 12.4 Å². The van der Waals surface area contributed by atoms with Crippen LogP contribution in [0, 0.1) is 0 Å². The lowest BCUT2D eigenvalue weighted by Crippen LogP contribution is -1.38. The van der Waals surface area contributed by atoms with Crippen LogP contribution in [-0.2, 0) is 0 Å². The van der Waals surface area contributed by atoms with E-state index < -0.39 is 0 Å². The van der Waals surface area contributed by atoms with Crippen molar-refractivity contribution in [3.8, 4) is 0 Å². The van der Waals surface area contributed by atoms with Gasteiger partial charge in [-0.15, -0.1) is 0 Å². The van der Waals surface area contributed by atoms with Crippen molar-refractivity contribution < 1.29 is 8.83 Å². The summed E-state index contributed by atoms with van der Waals surface area (Å²) in [5.74, 6) is 0. The van der Waals surface area contributed by atoms with Crippen molar-refractivity contribution in [2.45, 2.75) is 0 Å². The molecule has 4 nitrogen and oxygen atoms in total. The van der Waals surface area contributed by atoms with Crippen molar-refractivity contribution in [3.05, 3.63) is 37.7 Å². The molecule has 0 N–H and O–H groups in total. The Kier molecular flexibility index (Phi) is 5.92. The highest BCUT2D eigenvalue weighted by Gasteiger charge is 1.60. The van der Waals surface area contributed by atoms with Crippen LogP contribution in [0.4, 0.5) is 0 Å². The van der Waals surface area contributed by atoms with Crippen LogP contribution in [0.3, 0.4) is 0 Å². The van der Waals surface area contributed by atoms with E-state index in [4.69, 9.17) is 0 Å². The van der Waals surface area contributed by atoms with Gasteiger partial charge in [-0.25, -0.2) is 9.97 Å². The molecule has 0 bridgehead atoms. The fraction of sp³-hybridized carbons (Fsp3) is 0. The van der Waals surface area contributed by atoms with Gasteiger partial charge in [0.25, 0.3) is 0 Å². The summed E-state index contributed by atoms with van der Waals surface area (Å²) in [5, 5.41) is 0. The molecule has 0 aliphatic heterocycles. The first-order valence-corrected chi connectivity index (χ1v) is 2.64. The molecule has 2 aromatic heterocycles. The zero-order chi connectivity index (χ0) is 7.07. The maximum Gasteiger partial charge on any atom is 0.180 e. The molecular weight excluding hydrogens is 160 g/mol. The van der Waals surface area contributed by atoms with Gasteiger partial charge in [0.15, 0.2) is 12.8 Å². The van der Waals surface area contributed by atoms with E-state index in [0.717, 1.165) is 0 Å². The third-order valence-corrected chi connectivity index (χ3v) is 0.694. The Morgan fingerprint density at radius 2 is 1.27 bits per heavy atom. The molecule has 0 aliphatic rings. The van der Waals surface area contributed by atoms with Crippen LogP contribution in [0.2, 0.25) is 0 Å². The summed E-state index contributed by atoms with van der Waals surface area (Å²) in [5.41, 5.74) is 0. The lowest BCUT2D eigenvalue weighted by molar-refractivity contribution is 0.557. The lowest BCUT2D eigenvalue weighted by atomic mass is 11.0. The number of hydrogen-bond acceptors (Lipinski definition) is 4. The predicted molar refractivity (Wildman–Crippen MR) is 44.3 cm³/mol. The molecule has 0 spiro atoms. The molecule has 0 aromatic carbocycles. The van der Waals surface area contributed by atoms with Gasteiger partial charge >= 0.3 is 0 Å². The second-order valence-corrected chi connectivity index (χ2v) is 1.35. The maximum absolute atomic E-state index is 4.47. The molecule has 0 aliphatic carbocycles. The van der Waals surface area contributed by atoms with E-state index in [-0.39, 0.29) is 11.0 Å². The molecular formula is C6H10N2O2Si. The molecule has 5 heteroatoms. The van der Waals surface area contributed by atoms with Crippen molar-refractivity contribution in [2.75, 3.05) is 0 Å². The first kappa shape index (κ1) is 9.64. The monoisotopic (exact) mass is 170 g/mol. The highest BCUT2D eigenvalue weighted by Crippen LogP contribution is 1.72. The fourth-order valence-corrected chi connectivity index (χ4v) is 0.351. The van der Waals surface area contributed by atoms with Crippen molar-refractivity contribution >= 4 is 11.0 Å². The number of oxazole rings is 2. The zero-order valence-electron chi connectivity index (χ0n) is 5.18. The minimum Gasteiger partial charge on any atom is -0.452 e. The van der Waals surface area contributed by atoms with Gasteiger partial charge in [0.1, 0.15) is 12.5 Å². The quantitative estimate of drug-likeness (QED) is 0.518. The molecule has 11 heavy (non-hydrogen) atoms. The summed E-state index contributed by atoms with van der Waals surface area (Å²) >= 11 is 0. The minimum absolute atomic E-state index is 0. The molecule has 2 rings (SSSR count). The topological polar surface area (TPSA) is 52.1 Å². The second-order valence-electron chi connectivity index (χ2n) is 1.35. The van der Waals surface area contributed by atoms with Gasteiger partial charge < -0.3 is 8.83 Å². The summed E-state index contributed by atoms with van der Waals surface area (Å²) in [6, 6.07) is 0. The Morgan fingerprint density at radius 3 is 1.36 bits per heavy atom. The Bertz CT molecular complexity index is 158. The van der Waals surface area contributed by atoms with Crippen molar-refractivity contribution in [3.63, 3.8) is 0 Å². The molecule has 60 valence electrons. The SMILES string of the molecule is [SiH4].c1cocn1.c1cocn1. The van der Waals surface area contributed by atoms with E-state index >= 15 is 0 Å². The van der Waals surface area contributed by atoms with E-state index in [2.05, 4.69) is 18.8 Å². The molecule has 0 radical (unpaired) electrons. The van der Waals surface area contributed by atoms with Crippen LogP contribution in [0.5, 0.6) is 0 Å². The first-order valence-electron chi connectivity index (χ1n) is 2.64. The minimum atomic E-state index is 0. The average molecular weight is 170 g/mol. The van der Waals surface area contributed by atoms with Crippen molar-refractivity contribution in [2.24, 2.45) is 0 Å². The number of rotatable bonds is 0. The third kappa shape index (κ3) is 5.10. The number of hydrogen-bond donors (Lipinski definition) is 0. The van der Waals surface area contributed by atoms with Crippen molar-refractivity contribution in [1.29, 1.82) is 0 Å². The Labute approximate surface area is 68.3 Å². The van der Waals surface area contributed by atoms with E-state index in [9.17, 15) is 0 Å². The van der Waals surface area contributed by atoms with E-state index in [1.807, 2.05) is 0 Å². The van der Waals surface area contributed by atoms with Crippen LogP contribution in [0.1, 0.15) is 0 Å². The molecule has 2 aromatic rings. The predicted octanol–water partition coefficient (Wildman–Crippen LogP) is -0.102. The smallest absolute Gasteiger partial charge is 0.180 e. The van der Waals surface area contributed by atoms with Crippen LogP contribution in [0.25, 0.3) is 0 Å². The Hall–Kier alpha value is -1.36. The van der Waals surface area contributed by atoms with Crippen LogP contribution in [-0.4, -0.2) is 20.9 Å². The molecule has 0 amide bonds. The summed E-state index contributed by atoms with van der Waals surface area (Å²) in [7, 11) is 0. The molecule has 0 saturated heterocycles. The van der Waals surface area contributed by atoms with Crippen LogP contribution < -0.4 is 0 Å². The maximum atomic E-state index is 4.47. The van der Waals surface area contributed by atoms with E-state index in [1.165, 1.54) is 25.3 Å². The number of aromatic nitrogens is 2. The third-order valence-electron chi connectivity index (χ3n) is 0.694. The standard InChI is InChI=1S/2C3H3NO.H4Si/c2*1-2-5-3-4-1;/h2*1-3H;1H4.